The number of pyridine rings is 1. The molecule has 2 amide bonds. The fourth-order valence-electron chi connectivity index (χ4n) is 3.86. The van der Waals surface area contributed by atoms with Gasteiger partial charge in [-0.05, 0) is 49.7 Å². The summed E-state index contributed by atoms with van der Waals surface area (Å²) < 4.78 is 6.86. The maximum Gasteiger partial charge on any atom is 0.315 e. The minimum Gasteiger partial charge on any atom is -0.497 e. The number of benzene rings is 1. The molecule has 9 nitrogen and oxygen atoms in total. The molecule has 3 heterocycles. The lowest BCUT2D eigenvalue weighted by atomic mass is 10.1. The van der Waals surface area contributed by atoms with Crippen molar-refractivity contribution in [2.75, 3.05) is 26.7 Å². The zero-order valence-electron chi connectivity index (χ0n) is 17.6. The van der Waals surface area contributed by atoms with E-state index in [1.165, 1.54) is 24.7 Å². The number of amides is 2. The first-order valence-corrected chi connectivity index (χ1v) is 10.4. The lowest BCUT2D eigenvalue weighted by molar-refractivity contribution is 0.220. The van der Waals surface area contributed by atoms with Crippen LogP contribution in [0.2, 0.25) is 0 Å². The molecule has 0 bridgehead atoms. The van der Waals surface area contributed by atoms with Gasteiger partial charge < -0.3 is 15.4 Å². The summed E-state index contributed by atoms with van der Waals surface area (Å²) in [6, 6.07) is 11.7. The van der Waals surface area contributed by atoms with Gasteiger partial charge in [0.1, 0.15) is 18.4 Å². The first-order valence-electron chi connectivity index (χ1n) is 10.4. The van der Waals surface area contributed by atoms with Gasteiger partial charge in [-0.2, -0.15) is 5.10 Å². The topological polar surface area (TPSA) is 97.2 Å². The number of nitrogens with one attached hydrogen (secondary N) is 2. The molecule has 1 saturated heterocycles. The summed E-state index contributed by atoms with van der Waals surface area (Å²) in [5, 5.41) is 10.1. The molecule has 2 N–H and O–H groups in total. The number of hydrogen-bond donors (Lipinski definition) is 2. The Labute approximate surface area is 181 Å². The van der Waals surface area contributed by atoms with E-state index in [4.69, 9.17) is 4.74 Å². The van der Waals surface area contributed by atoms with Crippen molar-refractivity contribution in [2.24, 2.45) is 0 Å². The highest BCUT2D eigenvalue weighted by Crippen LogP contribution is 2.26. The third-order valence-electron chi connectivity index (χ3n) is 5.48. The van der Waals surface area contributed by atoms with Crippen LogP contribution in [0.4, 0.5) is 4.79 Å². The Bertz CT molecular complexity index is 970. The first kappa shape index (κ1) is 20.8. The third-order valence-corrected chi connectivity index (χ3v) is 5.48. The van der Waals surface area contributed by atoms with Gasteiger partial charge in [-0.3, -0.25) is 4.90 Å². The van der Waals surface area contributed by atoms with Crippen LogP contribution in [-0.4, -0.2) is 57.4 Å². The second-order valence-corrected chi connectivity index (χ2v) is 7.42. The Hall–Kier alpha value is -3.46. The number of hydrogen-bond acceptors (Lipinski definition) is 6. The van der Waals surface area contributed by atoms with Crippen LogP contribution < -0.4 is 15.4 Å². The highest BCUT2D eigenvalue weighted by atomic mass is 16.5. The van der Waals surface area contributed by atoms with Crippen LogP contribution in [0, 0.1) is 0 Å². The number of carbonyl (C=O) groups excluding carboxylic acids is 1. The van der Waals surface area contributed by atoms with Crippen molar-refractivity contribution in [1.82, 2.24) is 35.3 Å². The summed E-state index contributed by atoms with van der Waals surface area (Å²) >= 11 is 0. The second-order valence-electron chi connectivity index (χ2n) is 7.42. The quantitative estimate of drug-likeness (QED) is 0.579. The van der Waals surface area contributed by atoms with Crippen molar-refractivity contribution < 1.29 is 9.53 Å². The van der Waals surface area contributed by atoms with Crippen LogP contribution in [0.3, 0.4) is 0 Å². The van der Waals surface area contributed by atoms with Gasteiger partial charge in [-0.15, -0.1) is 0 Å². The van der Waals surface area contributed by atoms with Gasteiger partial charge in [0.15, 0.2) is 5.82 Å². The molecule has 0 saturated carbocycles. The molecular formula is C22H27N7O2. The zero-order chi connectivity index (χ0) is 21.5. The Balaban J connectivity index is 1.37. The van der Waals surface area contributed by atoms with Gasteiger partial charge in [-0.25, -0.2) is 19.4 Å². The van der Waals surface area contributed by atoms with Crippen LogP contribution >= 0.6 is 0 Å². The highest BCUT2D eigenvalue weighted by Gasteiger charge is 2.24. The number of aromatic nitrogens is 4. The number of urea groups is 1. The van der Waals surface area contributed by atoms with E-state index < -0.39 is 0 Å². The van der Waals surface area contributed by atoms with Crippen molar-refractivity contribution in [3.05, 3.63) is 66.4 Å². The van der Waals surface area contributed by atoms with Crippen molar-refractivity contribution in [2.45, 2.75) is 25.4 Å². The van der Waals surface area contributed by atoms with Crippen molar-refractivity contribution in [1.29, 1.82) is 0 Å². The van der Waals surface area contributed by atoms with Crippen LogP contribution in [0.1, 0.15) is 30.0 Å². The van der Waals surface area contributed by atoms with Crippen LogP contribution in [-0.2, 0) is 6.54 Å². The van der Waals surface area contributed by atoms with E-state index in [0.717, 1.165) is 24.4 Å². The lowest BCUT2D eigenvalue weighted by Crippen LogP contribution is -2.41. The Morgan fingerprint density at radius 1 is 1.16 bits per heavy atom. The van der Waals surface area contributed by atoms with E-state index in [9.17, 15) is 4.79 Å². The molecule has 1 aliphatic heterocycles. The van der Waals surface area contributed by atoms with Crippen LogP contribution in [0.25, 0.3) is 5.82 Å². The van der Waals surface area contributed by atoms with E-state index in [-0.39, 0.29) is 12.1 Å². The summed E-state index contributed by atoms with van der Waals surface area (Å²) in [4.78, 5) is 23.3. The van der Waals surface area contributed by atoms with Crippen LogP contribution in [0.15, 0.2) is 55.2 Å². The summed E-state index contributed by atoms with van der Waals surface area (Å²) in [7, 11) is 1.66. The molecule has 1 fully saturated rings. The van der Waals surface area contributed by atoms with Gasteiger partial charge in [0.2, 0.25) is 0 Å². The summed E-state index contributed by atoms with van der Waals surface area (Å²) in [6.07, 6.45) is 7.10. The molecule has 0 spiro atoms. The molecule has 9 heteroatoms. The second kappa shape index (κ2) is 10.0. The number of carbonyl (C=O) groups is 1. The largest absolute Gasteiger partial charge is 0.497 e. The molecule has 3 aromatic rings. The molecule has 162 valence electrons. The molecule has 0 aliphatic carbocycles. The average molecular weight is 422 g/mol. The van der Waals surface area contributed by atoms with Gasteiger partial charge in [0.25, 0.3) is 0 Å². The van der Waals surface area contributed by atoms with Gasteiger partial charge in [0, 0.05) is 24.8 Å². The number of ether oxygens (including phenoxy) is 1. The van der Waals surface area contributed by atoms with E-state index in [0.29, 0.717) is 18.9 Å². The summed E-state index contributed by atoms with van der Waals surface area (Å²) in [5.41, 5.74) is 2.03. The first-order chi connectivity index (χ1) is 15.2. The molecule has 0 radical (unpaired) electrons. The molecular weight excluding hydrogens is 394 g/mol. The van der Waals surface area contributed by atoms with Crippen molar-refractivity contribution in [3.63, 3.8) is 0 Å². The number of rotatable bonds is 8. The van der Waals surface area contributed by atoms with E-state index in [2.05, 4.69) is 42.7 Å². The van der Waals surface area contributed by atoms with Crippen molar-refractivity contribution >= 4 is 6.03 Å². The molecule has 2 aromatic heterocycles. The normalized spacial score (nSPS) is 14.9. The van der Waals surface area contributed by atoms with Crippen LogP contribution in [0.5, 0.6) is 5.75 Å². The minimum atomic E-state index is -0.217. The smallest absolute Gasteiger partial charge is 0.315 e. The molecule has 31 heavy (non-hydrogen) atoms. The monoisotopic (exact) mass is 421 g/mol. The minimum absolute atomic E-state index is 0.128. The maximum absolute atomic E-state index is 12.5. The predicted octanol–water partition coefficient (Wildman–Crippen LogP) is 2.31. The molecule has 1 atom stereocenters. The number of methoxy groups -OCH3 is 1. The molecule has 1 aliphatic rings. The van der Waals surface area contributed by atoms with E-state index in [1.807, 2.05) is 24.3 Å². The fourth-order valence-corrected chi connectivity index (χ4v) is 3.86. The Morgan fingerprint density at radius 3 is 2.68 bits per heavy atom. The van der Waals surface area contributed by atoms with Gasteiger partial charge >= 0.3 is 6.03 Å². The number of nitrogens with zero attached hydrogens (tertiary/aromatic N) is 5. The lowest BCUT2D eigenvalue weighted by Gasteiger charge is -2.28. The molecule has 1 aromatic carbocycles. The summed E-state index contributed by atoms with van der Waals surface area (Å²) in [6.45, 7) is 2.95. The zero-order valence-corrected chi connectivity index (χ0v) is 17.6. The fraction of sp³-hybridized carbons (Fsp3) is 0.364. The molecule has 1 unspecified atom stereocenters. The summed E-state index contributed by atoms with van der Waals surface area (Å²) in [5.74, 6) is 1.47. The van der Waals surface area contributed by atoms with Crippen molar-refractivity contribution in [3.8, 4) is 11.6 Å². The van der Waals surface area contributed by atoms with Gasteiger partial charge in [-0.1, -0.05) is 18.2 Å². The standard InChI is InChI=1S/C22H27N7O2/c1-31-19-8-6-17(7-9-19)20(28-11-2-3-12-28)14-26-22(30)25-13-18-5-4-10-24-21(18)29-16-23-15-27-29/h4-10,15-16,20H,2-3,11-14H2,1H3,(H2,25,26,30). The SMILES string of the molecule is COc1ccc(C(CNC(=O)NCc2cccnc2-n2cncn2)N2CCCC2)cc1. The van der Waals surface area contributed by atoms with E-state index in [1.54, 1.807) is 24.3 Å². The predicted molar refractivity (Wildman–Crippen MR) is 116 cm³/mol. The molecule has 4 rings (SSSR count). The highest BCUT2D eigenvalue weighted by molar-refractivity contribution is 5.74. The maximum atomic E-state index is 12.5. The Morgan fingerprint density at radius 2 is 1.97 bits per heavy atom. The van der Waals surface area contributed by atoms with E-state index >= 15 is 0 Å². The average Bonchev–Trinajstić information content (AvgIpc) is 3.53. The number of likely N-dealkylation sites (tertiary alicyclic amines) is 1. The third kappa shape index (κ3) is 5.18. The van der Waals surface area contributed by atoms with Gasteiger partial charge in [0.05, 0.1) is 13.2 Å². The Kier molecular flexibility index (Phi) is 6.73.